The van der Waals surface area contributed by atoms with E-state index in [9.17, 15) is 9.59 Å². The molecule has 2 amide bonds. The Kier molecular flexibility index (Phi) is 7.82. The van der Waals surface area contributed by atoms with Crippen molar-refractivity contribution in [3.8, 4) is 0 Å². The van der Waals surface area contributed by atoms with Gasteiger partial charge in [-0.15, -0.1) is 0 Å². The summed E-state index contributed by atoms with van der Waals surface area (Å²) in [5.74, 6) is 0.184. The maximum atomic E-state index is 13.1. The molecule has 2 aromatic rings. The third-order valence-corrected chi connectivity index (χ3v) is 5.45. The molecule has 1 aliphatic rings. The fraction of sp³-hybridized carbons (Fsp3) is 0.346. The van der Waals surface area contributed by atoms with Crippen LogP contribution in [-0.4, -0.2) is 35.6 Å². The highest BCUT2D eigenvalue weighted by Gasteiger charge is 2.21. The van der Waals surface area contributed by atoms with Crippen molar-refractivity contribution in [3.63, 3.8) is 0 Å². The smallest absolute Gasteiger partial charge is 0.251 e. The summed E-state index contributed by atoms with van der Waals surface area (Å²) >= 11 is 0. The summed E-state index contributed by atoms with van der Waals surface area (Å²) in [5, 5.41) is 3.02. The number of fused-ring (bicyclic) bond motifs is 1. The molecule has 2 aromatic carbocycles. The number of benzene rings is 2. The summed E-state index contributed by atoms with van der Waals surface area (Å²) in [6, 6.07) is 15.0. The quantitative estimate of drug-likeness (QED) is 0.639. The molecule has 0 radical (unpaired) electrons. The van der Waals surface area contributed by atoms with Gasteiger partial charge in [-0.05, 0) is 43.5 Å². The van der Waals surface area contributed by atoms with Crippen molar-refractivity contribution in [3.05, 3.63) is 70.8 Å². The van der Waals surface area contributed by atoms with Crippen LogP contribution in [0.2, 0.25) is 0 Å². The van der Waals surface area contributed by atoms with Crippen LogP contribution in [0.15, 0.2) is 59.1 Å². The van der Waals surface area contributed by atoms with Gasteiger partial charge in [-0.3, -0.25) is 9.59 Å². The van der Waals surface area contributed by atoms with Crippen LogP contribution in [0.5, 0.6) is 0 Å². The summed E-state index contributed by atoms with van der Waals surface area (Å²) in [5.41, 5.74) is 9.70. The number of nitrogens with two attached hydrogens (primary N) is 1. The molecule has 6 heteroatoms. The van der Waals surface area contributed by atoms with E-state index >= 15 is 0 Å². The van der Waals surface area contributed by atoms with Crippen molar-refractivity contribution >= 4 is 29.4 Å². The number of nitrogens with one attached hydrogen (secondary N) is 1. The van der Waals surface area contributed by atoms with Crippen LogP contribution in [-0.2, 0) is 4.79 Å². The summed E-state index contributed by atoms with van der Waals surface area (Å²) in [7, 11) is 0. The standard InChI is InChI=1S/C26H32N4O2/c1-4-13-30(14-5-2)26(32)22-15-20-11-12-21(16-23(20)29-24(27)17-22)25(31)28-18(3)19-9-7-6-8-10-19/h6-12,15-16,18H,4-5,13-14,17H2,1-3H3,(H2,27,29)(H,28,31)/t18-/m0/s1. The molecule has 168 valence electrons. The lowest BCUT2D eigenvalue weighted by molar-refractivity contribution is -0.127. The first-order valence-electron chi connectivity index (χ1n) is 11.3. The molecule has 0 aliphatic carbocycles. The molecular weight excluding hydrogens is 400 g/mol. The van der Waals surface area contributed by atoms with Gasteiger partial charge in [-0.1, -0.05) is 50.2 Å². The molecule has 3 N–H and O–H groups in total. The minimum absolute atomic E-state index is 0.00166. The minimum atomic E-state index is -0.181. The Morgan fingerprint density at radius 2 is 1.78 bits per heavy atom. The number of rotatable bonds is 8. The summed E-state index contributed by atoms with van der Waals surface area (Å²) < 4.78 is 0. The first-order chi connectivity index (χ1) is 15.4. The van der Waals surface area contributed by atoms with Gasteiger partial charge < -0.3 is 16.0 Å². The molecule has 3 rings (SSSR count). The Bertz CT molecular complexity index is 1020. The predicted octanol–water partition coefficient (Wildman–Crippen LogP) is 4.60. The zero-order valence-electron chi connectivity index (χ0n) is 19.1. The molecule has 6 nitrogen and oxygen atoms in total. The number of amidine groups is 1. The molecule has 0 spiro atoms. The van der Waals surface area contributed by atoms with Gasteiger partial charge in [0.15, 0.2) is 0 Å². The molecule has 0 fully saturated rings. The molecule has 0 saturated heterocycles. The molecule has 0 aromatic heterocycles. The van der Waals surface area contributed by atoms with E-state index in [1.54, 1.807) is 12.1 Å². The lowest BCUT2D eigenvalue weighted by Crippen LogP contribution is -2.34. The van der Waals surface area contributed by atoms with E-state index in [-0.39, 0.29) is 17.9 Å². The molecular formula is C26H32N4O2. The highest BCUT2D eigenvalue weighted by Crippen LogP contribution is 2.28. The second-order valence-electron chi connectivity index (χ2n) is 8.12. The average molecular weight is 433 g/mol. The van der Waals surface area contributed by atoms with Gasteiger partial charge in [-0.25, -0.2) is 4.99 Å². The topological polar surface area (TPSA) is 87.8 Å². The van der Waals surface area contributed by atoms with Gasteiger partial charge in [0.1, 0.15) is 5.84 Å². The van der Waals surface area contributed by atoms with Gasteiger partial charge in [0.2, 0.25) is 5.91 Å². The van der Waals surface area contributed by atoms with Crippen molar-refractivity contribution < 1.29 is 9.59 Å². The van der Waals surface area contributed by atoms with Gasteiger partial charge in [-0.2, -0.15) is 0 Å². The highest BCUT2D eigenvalue weighted by atomic mass is 16.2. The fourth-order valence-corrected chi connectivity index (χ4v) is 3.83. The Hall–Kier alpha value is -3.41. The third-order valence-electron chi connectivity index (χ3n) is 5.45. The highest BCUT2D eigenvalue weighted by molar-refractivity contribution is 6.06. The second-order valence-corrected chi connectivity index (χ2v) is 8.12. The van der Waals surface area contributed by atoms with Gasteiger partial charge >= 0.3 is 0 Å². The average Bonchev–Trinajstić information content (AvgIpc) is 2.96. The number of carbonyl (C=O) groups is 2. The lowest BCUT2D eigenvalue weighted by atomic mass is 10.0. The van der Waals surface area contributed by atoms with Crippen LogP contribution < -0.4 is 11.1 Å². The van der Waals surface area contributed by atoms with Gasteiger partial charge in [0, 0.05) is 36.2 Å². The van der Waals surface area contributed by atoms with Crippen LogP contribution >= 0.6 is 0 Å². The van der Waals surface area contributed by atoms with Crippen LogP contribution in [0.25, 0.3) is 6.08 Å². The van der Waals surface area contributed by atoms with E-state index in [1.165, 1.54) is 0 Å². The number of hydrogen-bond donors (Lipinski definition) is 2. The molecule has 32 heavy (non-hydrogen) atoms. The zero-order chi connectivity index (χ0) is 23.1. The van der Waals surface area contributed by atoms with Crippen molar-refractivity contribution in [2.75, 3.05) is 13.1 Å². The Morgan fingerprint density at radius 1 is 1.09 bits per heavy atom. The largest absolute Gasteiger partial charge is 0.387 e. The molecule has 1 atom stereocenters. The van der Waals surface area contributed by atoms with Crippen LogP contribution in [0.1, 0.15) is 67.6 Å². The summed E-state index contributed by atoms with van der Waals surface area (Å²) in [4.78, 5) is 32.3. The van der Waals surface area contributed by atoms with E-state index in [0.717, 1.165) is 24.0 Å². The lowest BCUT2D eigenvalue weighted by Gasteiger charge is -2.22. The number of hydrogen-bond acceptors (Lipinski definition) is 4. The van der Waals surface area contributed by atoms with E-state index in [0.29, 0.717) is 42.2 Å². The van der Waals surface area contributed by atoms with E-state index in [2.05, 4.69) is 24.2 Å². The molecule has 0 bridgehead atoms. The van der Waals surface area contributed by atoms with Crippen molar-refractivity contribution in [2.24, 2.45) is 10.7 Å². The maximum Gasteiger partial charge on any atom is 0.251 e. The maximum absolute atomic E-state index is 13.1. The number of amides is 2. The van der Waals surface area contributed by atoms with Crippen LogP contribution in [0.4, 0.5) is 5.69 Å². The Labute approximate surface area is 190 Å². The summed E-state index contributed by atoms with van der Waals surface area (Å²) in [6.07, 6.45) is 3.95. The second kappa shape index (κ2) is 10.8. The molecule has 0 unspecified atom stereocenters. The monoisotopic (exact) mass is 432 g/mol. The molecule has 1 heterocycles. The molecule has 1 aliphatic heterocycles. The fourth-order valence-electron chi connectivity index (χ4n) is 3.83. The Balaban J connectivity index is 1.84. The van der Waals surface area contributed by atoms with E-state index < -0.39 is 0 Å². The zero-order valence-corrected chi connectivity index (χ0v) is 19.1. The number of aliphatic imine (C=N–C) groups is 1. The molecule has 0 saturated carbocycles. The van der Waals surface area contributed by atoms with E-state index in [1.807, 2.05) is 54.3 Å². The van der Waals surface area contributed by atoms with Crippen molar-refractivity contribution in [1.29, 1.82) is 0 Å². The first kappa shape index (κ1) is 23.3. The van der Waals surface area contributed by atoms with Crippen molar-refractivity contribution in [2.45, 2.75) is 46.1 Å². The van der Waals surface area contributed by atoms with Crippen LogP contribution in [0.3, 0.4) is 0 Å². The van der Waals surface area contributed by atoms with Crippen LogP contribution in [0, 0.1) is 0 Å². The number of carbonyl (C=O) groups excluding carboxylic acids is 2. The Morgan fingerprint density at radius 3 is 2.44 bits per heavy atom. The number of nitrogens with zero attached hydrogens (tertiary/aromatic N) is 2. The predicted molar refractivity (Wildman–Crippen MR) is 130 cm³/mol. The normalized spacial score (nSPS) is 13.8. The van der Waals surface area contributed by atoms with Crippen molar-refractivity contribution in [1.82, 2.24) is 10.2 Å². The van der Waals surface area contributed by atoms with Gasteiger partial charge in [0.05, 0.1) is 11.7 Å². The first-order valence-corrected chi connectivity index (χ1v) is 11.3. The SMILES string of the molecule is CCCN(CCC)C(=O)C1=Cc2ccc(C(=O)N[C@@H](C)c3ccccc3)cc2N=C(N)C1. The van der Waals surface area contributed by atoms with E-state index in [4.69, 9.17) is 5.73 Å². The third kappa shape index (κ3) is 5.63. The summed E-state index contributed by atoms with van der Waals surface area (Å²) in [6.45, 7) is 7.51. The van der Waals surface area contributed by atoms with Gasteiger partial charge in [0.25, 0.3) is 5.91 Å². The minimum Gasteiger partial charge on any atom is -0.387 e.